The van der Waals surface area contributed by atoms with Crippen LogP contribution in [-0.4, -0.2) is 26.5 Å². The van der Waals surface area contributed by atoms with E-state index in [2.05, 4.69) is 27.6 Å². The lowest BCUT2D eigenvalue weighted by Crippen LogP contribution is -2.09. The van der Waals surface area contributed by atoms with Crippen molar-refractivity contribution in [2.24, 2.45) is 0 Å². The van der Waals surface area contributed by atoms with Crippen LogP contribution < -0.4 is 0 Å². The van der Waals surface area contributed by atoms with E-state index in [1.807, 2.05) is 0 Å². The van der Waals surface area contributed by atoms with Gasteiger partial charge in [-0.05, 0) is 24.4 Å². The fraction of sp³-hybridized carbons (Fsp3) is 0.500. The minimum absolute atomic E-state index is 0.367. The summed E-state index contributed by atoms with van der Waals surface area (Å²) < 4.78 is 5.97. The number of thiol groups is 1. The van der Waals surface area contributed by atoms with Gasteiger partial charge in [-0.3, -0.25) is 0 Å². The van der Waals surface area contributed by atoms with Crippen LogP contribution in [0.5, 0.6) is 0 Å². The molecule has 1 saturated heterocycles. The minimum Gasteiger partial charge on any atom is -0.358 e. The van der Waals surface area contributed by atoms with Gasteiger partial charge in [0.05, 0.1) is 6.61 Å². The number of H-pyrrole nitrogens is 2. The van der Waals surface area contributed by atoms with Gasteiger partial charge in [0.2, 0.25) is 4.77 Å². The van der Waals surface area contributed by atoms with Crippen LogP contribution in [0.15, 0.2) is 0 Å². The molecule has 4 nitrogen and oxygen atoms in total. The quantitative estimate of drug-likeness (QED) is 0.410. The van der Waals surface area contributed by atoms with Crippen LogP contribution in [-0.2, 0) is 11.2 Å². The highest BCUT2D eigenvalue weighted by atomic mass is 32.1. The number of ether oxygens (including phenoxy) is 1. The van der Waals surface area contributed by atoms with Crippen molar-refractivity contribution in [3.05, 3.63) is 15.4 Å². The number of epoxide rings is 1. The average Bonchev–Trinajstić information content (AvgIpc) is 2.64. The zero-order valence-electron chi connectivity index (χ0n) is 6.53. The summed E-state index contributed by atoms with van der Waals surface area (Å²) in [5.41, 5.74) is 0. The number of nitrogens with one attached hydrogen (secondary N) is 2. The number of aromatic amines is 2. The van der Waals surface area contributed by atoms with Crippen LogP contribution in [0, 0.1) is 9.54 Å². The maximum atomic E-state index is 5.11. The van der Waals surface area contributed by atoms with Gasteiger partial charge in [-0.2, -0.15) is 0 Å². The molecule has 0 aliphatic carbocycles. The van der Waals surface area contributed by atoms with Crippen molar-refractivity contribution in [2.75, 3.05) is 6.61 Å². The summed E-state index contributed by atoms with van der Waals surface area (Å²) in [4.78, 5) is 9.31. The van der Waals surface area contributed by atoms with Gasteiger partial charge >= 0.3 is 0 Å². The molecule has 1 aliphatic rings. The Morgan fingerprint density at radius 1 is 1.54 bits per heavy atom. The molecule has 0 radical (unpaired) electrons. The fourth-order valence-corrected chi connectivity index (χ4v) is 1.67. The van der Waals surface area contributed by atoms with Crippen molar-refractivity contribution in [1.29, 1.82) is 0 Å². The first kappa shape index (κ1) is 9.32. The van der Waals surface area contributed by atoms with Crippen LogP contribution in [0.3, 0.4) is 0 Å². The van der Waals surface area contributed by atoms with Gasteiger partial charge in [0.15, 0.2) is 4.77 Å². The largest absolute Gasteiger partial charge is 0.358 e. The predicted octanol–water partition coefficient (Wildman–Crippen LogP) is 1.40. The molecule has 1 fully saturated rings. The highest BCUT2D eigenvalue weighted by Gasteiger charge is 2.41. The Kier molecular flexibility index (Phi) is 2.26. The van der Waals surface area contributed by atoms with E-state index < -0.39 is 0 Å². The minimum atomic E-state index is -0.367. The lowest BCUT2D eigenvalue weighted by molar-refractivity contribution is 0.382. The van der Waals surface area contributed by atoms with Gasteiger partial charge in [0.25, 0.3) is 0 Å². The van der Waals surface area contributed by atoms with Gasteiger partial charge < -0.3 is 14.7 Å². The number of rotatable bonds is 2. The first-order chi connectivity index (χ1) is 6.07. The molecule has 7 heteroatoms. The van der Waals surface area contributed by atoms with E-state index in [9.17, 15) is 0 Å². The SMILES string of the molecule is S=c1nc(CC2(S)CO2)[nH]c(=S)[nH]1. The summed E-state index contributed by atoms with van der Waals surface area (Å²) in [6.07, 6.45) is 0.595. The Hall–Kier alpha value is -0.240. The molecule has 1 aromatic heterocycles. The highest BCUT2D eigenvalue weighted by Crippen LogP contribution is 2.33. The third kappa shape index (κ3) is 2.37. The van der Waals surface area contributed by atoms with E-state index in [4.69, 9.17) is 29.2 Å². The van der Waals surface area contributed by atoms with Crippen LogP contribution in [0.4, 0.5) is 0 Å². The van der Waals surface area contributed by atoms with E-state index >= 15 is 0 Å². The molecule has 2 N–H and O–H groups in total. The first-order valence-electron chi connectivity index (χ1n) is 3.63. The summed E-state index contributed by atoms with van der Waals surface area (Å²) in [6, 6.07) is 0. The van der Waals surface area contributed by atoms with Gasteiger partial charge in [-0.25, -0.2) is 4.98 Å². The molecule has 2 heterocycles. The molecule has 1 aliphatic heterocycles. The standard InChI is InChI=1S/C6H7N3OS3/c11-4-7-3(8-5(12)9-4)1-6(13)2-10-6/h13H,1-2H2,(H2,7,8,9,11,12). The maximum absolute atomic E-state index is 5.11. The third-order valence-corrected chi connectivity index (χ3v) is 2.45. The molecule has 2 rings (SSSR count). The van der Waals surface area contributed by atoms with E-state index in [-0.39, 0.29) is 4.93 Å². The van der Waals surface area contributed by atoms with Crippen LogP contribution in [0.25, 0.3) is 0 Å². The molecular formula is C6H7N3OS3. The zero-order valence-corrected chi connectivity index (χ0v) is 9.06. The molecule has 0 spiro atoms. The number of hydrogen-bond acceptors (Lipinski definition) is 5. The van der Waals surface area contributed by atoms with Gasteiger partial charge in [-0.15, -0.1) is 12.6 Å². The summed E-state index contributed by atoms with van der Waals surface area (Å²) in [5.74, 6) is 0.709. The van der Waals surface area contributed by atoms with Crippen LogP contribution in [0.2, 0.25) is 0 Å². The Morgan fingerprint density at radius 3 is 2.77 bits per heavy atom. The van der Waals surface area contributed by atoms with Crippen molar-refractivity contribution in [3.8, 4) is 0 Å². The maximum Gasteiger partial charge on any atom is 0.200 e. The van der Waals surface area contributed by atoms with E-state index in [0.717, 1.165) is 0 Å². The van der Waals surface area contributed by atoms with E-state index in [1.165, 1.54) is 0 Å². The second kappa shape index (κ2) is 3.16. The van der Waals surface area contributed by atoms with Gasteiger partial charge in [0, 0.05) is 6.42 Å². The second-order valence-electron chi connectivity index (χ2n) is 2.85. The Morgan fingerprint density at radius 2 is 2.23 bits per heavy atom. The molecule has 0 aromatic carbocycles. The molecule has 0 bridgehead atoms. The fourth-order valence-electron chi connectivity index (χ4n) is 0.969. The number of aromatic nitrogens is 3. The summed E-state index contributed by atoms with van der Waals surface area (Å²) in [5, 5.41) is 0. The van der Waals surface area contributed by atoms with Crippen molar-refractivity contribution < 1.29 is 4.74 Å². The predicted molar refractivity (Wildman–Crippen MR) is 56.0 cm³/mol. The second-order valence-corrected chi connectivity index (χ2v) is 4.46. The topological polar surface area (TPSA) is 57.0 Å². The average molecular weight is 233 g/mol. The zero-order chi connectivity index (χ0) is 9.47. The van der Waals surface area contributed by atoms with Gasteiger partial charge in [-0.1, -0.05) is 0 Å². The van der Waals surface area contributed by atoms with Crippen molar-refractivity contribution in [3.63, 3.8) is 0 Å². The van der Waals surface area contributed by atoms with E-state index in [1.54, 1.807) is 0 Å². The molecule has 1 aromatic rings. The Labute approximate surface area is 90.2 Å². The molecular weight excluding hydrogens is 226 g/mol. The summed E-state index contributed by atoms with van der Waals surface area (Å²) in [7, 11) is 0. The normalized spacial score (nSPS) is 25.9. The number of hydrogen-bond donors (Lipinski definition) is 3. The summed E-state index contributed by atoms with van der Waals surface area (Å²) in [6.45, 7) is 0.643. The van der Waals surface area contributed by atoms with Crippen molar-refractivity contribution in [1.82, 2.24) is 15.0 Å². The third-order valence-electron chi connectivity index (χ3n) is 1.64. The lowest BCUT2D eigenvalue weighted by atomic mass is 10.3. The van der Waals surface area contributed by atoms with Crippen LogP contribution >= 0.6 is 37.1 Å². The highest BCUT2D eigenvalue weighted by molar-refractivity contribution is 7.82. The molecule has 1 unspecified atom stereocenters. The van der Waals surface area contributed by atoms with E-state index in [0.29, 0.717) is 28.4 Å². The lowest BCUT2D eigenvalue weighted by Gasteiger charge is -2.02. The molecule has 13 heavy (non-hydrogen) atoms. The molecule has 70 valence electrons. The summed E-state index contributed by atoms with van der Waals surface area (Å²) >= 11 is 14.1. The molecule has 1 atom stereocenters. The molecule has 0 saturated carbocycles. The Balaban J connectivity index is 2.30. The first-order valence-corrected chi connectivity index (χ1v) is 4.90. The van der Waals surface area contributed by atoms with Crippen molar-refractivity contribution in [2.45, 2.75) is 11.4 Å². The molecule has 0 amide bonds. The monoisotopic (exact) mass is 233 g/mol. The van der Waals surface area contributed by atoms with Crippen LogP contribution in [0.1, 0.15) is 5.82 Å². The van der Waals surface area contributed by atoms with Crippen molar-refractivity contribution >= 4 is 37.1 Å². The number of nitrogens with zero attached hydrogens (tertiary/aromatic N) is 1. The smallest absolute Gasteiger partial charge is 0.200 e. The van der Waals surface area contributed by atoms with Gasteiger partial charge in [0.1, 0.15) is 10.8 Å². The Bertz CT molecular complexity index is 405.